The van der Waals surface area contributed by atoms with Crippen LogP contribution in [-0.2, 0) is 9.53 Å². The molecule has 0 saturated carbocycles. The molecule has 21 heavy (non-hydrogen) atoms. The van der Waals surface area contributed by atoms with Gasteiger partial charge in [-0.3, -0.25) is 9.59 Å². The van der Waals surface area contributed by atoms with Crippen molar-refractivity contribution in [1.29, 1.82) is 0 Å². The van der Waals surface area contributed by atoms with Crippen molar-refractivity contribution in [1.82, 2.24) is 10.2 Å². The molecule has 0 aliphatic carbocycles. The molecule has 3 N–H and O–H groups in total. The van der Waals surface area contributed by atoms with E-state index in [1.165, 1.54) is 0 Å². The van der Waals surface area contributed by atoms with Crippen LogP contribution in [0, 0.1) is 0 Å². The summed E-state index contributed by atoms with van der Waals surface area (Å²) < 4.78 is 5.52. The highest BCUT2D eigenvalue weighted by Crippen LogP contribution is 2.19. The summed E-state index contributed by atoms with van der Waals surface area (Å²) in [6.07, 6.45) is 1.72. The first-order valence-electron chi connectivity index (χ1n) is 6.78. The number of hydrogen-bond acceptors (Lipinski definition) is 6. The van der Waals surface area contributed by atoms with E-state index in [1.54, 1.807) is 12.1 Å². The molecular formula is C13H18N4O4. The summed E-state index contributed by atoms with van der Waals surface area (Å²) in [7, 11) is 0. The van der Waals surface area contributed by atoms with Crippen LogP contribution in [0.25, 0.3) is 0 Å². The number of nitrogens with two attached hydrogens (primary N) is 1. The average molecular weight is 294 g/mol. The Morgan fingerprint density at radius 3 is 2.57 bits per heavy atom. The van der Waals surface area contributed by atoms with Crippen LogP contribution in [0.3, 0.4) is 0 Å². The lowest BCUT2D eigenvalue weighted by Crippen LogP contribution is -2.38. The number of carboxylic acids is 1. The van der Waals surface area contributed by atoms with Gasteiger partial charge < -0.3 is 20.5 Å². The number of carbonyl (C=O) groups excluding carboxylic acids is 1. The first kappa shape index (κ1) is 15.2. The predicted octanol–water partition coefficient (Wildman–Crippen LogP) is 0.0356. The summed E-state index contributed by atoms with van der Waals surface area (Å²) in [5.74, 6) is -0.749. The molecule has 8 heteroatoms. The molecule has 0 spiro atoms. The van der Waals surface area contributed by atoms with Crippen molar-refractivity contribution >= 4 is 17.7 Å². The van der Waals surface area contributed by atoms with Gasteiger partial charge in [0.05, 0.1) is 19.1 Å². The van der Waals surface area contributed by atoms with Gasteiger partial charge in [0, 0.05) is 13.1 Å². The molecule has 2 rings (SSSR count). The number of carboxylic acid groups (broad SMARTS) is 1. The number of primary amides is 1. The number of rotatable bonds is 6. The maximum Gasteiger partial charge on any atom is 0.305 e. The summed E-state index contributed by atoms with van der Waals surface area (Å²) in [4.78, 5) is 23.4. The molecule has 1 aliphatic rings. The van der Waals surface area contributed by atoms with E-state index >= 15 is 0 Å². The Morgan fingerprint density at radius 1 is 1.33 bits per heavy atom. The SMILES string of the molecule is NC(=O)c1ccc(N2CCC(OCCC(=O)O)CC2)nn1. The fourth-order valence-electron chi connectivity index (χ4n) is 2.19. The van der Waals surface area contributed by atoms with E-state index in [4.69, 9.17) is 15.6 Å². The third kappa shape index (κ3) is 4.38. The van der Waals surface area contributed by atoms with Crippen molar-refractivity contribution in [3.05, 3.63) is 17.8 Å². The highest BCUT2D eigenvalue weighted by molar-refractivity contribution is 5.90. The number of aromatic nitrogens is 2. The van der Waals surface area contributed by atoms with Crippen molar-refractivity contribution < 1.29 is 19.4 Å². The molecule has 1 fully saturated rings. The van der Waals surface area contributed by atoms with Crippen molar-refractivity contribution in [2.24, 2.45) is 5.73 Å². The van der Waals surface area contributed by atoms with Gasteiger partial charge in [-0.15, -0.1) is 10.2 Å². The van der Waals surface area contributed by atoms with Gasteiger partial charge in [-0.1, -0.05) is 0 Å². The van der Waals surface area contributed by atoms with Crippen molar-refractivity contribution in [2.75, 3.05) is 24.6 Å². The predicted molar refractivity (Wildman–Crippen MR) is 74.0 cm³/mol. The number of anilines is 1. The van der Waals surface area contributed by atoms with Gasteiger partial charge in [-0.2, -0.15) is 0 Å². The molecule has 1 aromatic heterocycles. The minimum Gasteiger partial charge on any atom is -0.481 e. The van der Waals surface area contributed by atoms with Crippen molar-refractivity contribution in [3.8, 4) is 0 Å². The molecular weight excluding hydrogens is 276 g/mol. The minimum atomic E-state index is -0.850. The number of ether oxygens (including phenoxy) is 1. The second-order valence-corrected chi connectivity index (χ2v) is 4.84. The molecule has 0 unspecified atom stereocenters. The van der Waals surface area contributed by atoms with E-state index in [1.807, 2.05) is 0 Å². The molecule has 2 heterocycles. The molecule has 0 radical (unpaired) electrons. The molecule has 1 saturated heterocycles. The van der Waals surface area contributed by atoms with Gasteiger partial charge in [0.1, 0.15) is 0 Å². The Labute approximate surface area is 121 Å². The molecule has 0 atom stereocenters. The van der Waals surface area contributed by atoms with Crippen LogP contribution in [0.4, 0.5) is 5.82 Å². The number of carbonyl (C=O) groups is 2. The fourth-order valence-corrected chi connectivity index (χ4v) is 2.19. The van der Waals surface area contributed by atoms with Crippen LogP contribution < -0.4 is 10.6 Å². The van der Waals surface area contributed by atoms with Crippen LogP contribution in [0.5, 0.6) is 0 Å². The summed E-state index contributed by atoms with van der Waals surface area (Å²) in [5.41, 5.74) is 5.26. The Balaban J connectivity index is 1.80. The molecule has 1 aliphatic heterocycles. The second kappa shape index (κ2) is 6.98. The standard InChI is InChI=1S/C13H18N4O4/c14-13(20)10-1-2-11(16-15-10)17-6-3-9(4-7-17)21-8-5-12(18)19/h1-2,9H,3-8H2,(H2,14,20)(H,18,19). The number of hydrogen-bond donors (Lipinski definition) is 2. The molecule has 0 bridgehead atoms. The number of aliphatic carboxylic acids is 1. The van der Waals surface area contributed by atoms with Gasteiger partial charge in [0.2, 0.25) is 0 Å². The zero-order valence-electron chi connectivity index (χ0n) is 11.6. The number of piperidine rings is 1. The largest absolute Gasteiger partial charge is 0.481 e. The molecule has 114 valence electrons. The van der Waals surface area contributed by atoms with Gasteiger partial charge in [0.25, 0.3) is 5.91 Å². The average Bonchev–Trinajstić information content (AvgIpc) is 2.48. The summed E-state index contributed by atoms with van der Waals surface area (Å²) in [6, 6.07) is 3.28. The van der Waals surface area contributed by atoms with E-state index < -0.39 is 11.9 Å². The highest BCUT2D eigenvalue weighted by atomic mass is 16.5. The maximum atomic E-state index is 10.9. The van der Waals surface area contributed by atoms with Crippen molar-refractivity contribution in [2.45, 2.75) is 25.4 Å². The lowest BCUT2D eigenvalue weighted by atomic mass is 10.1. The first-order valence-corrected chi connectivity index (χ1v) is 6.78. The first-order chi connectivity index (χ1) is 10.1. The molecule has 1 aromatic rings. The monoisotopic (exact) mass is 294 g/mol. The smallest absolute Gasteiger partial charge is 0.305 e. The van der Waals surface area contributed by atoms with Crippen molar-refractivity contribution in [3.63, 3.8) is 0 Å². The number of nitrogens with zero attached hydrogens (tertiary/aromatic N) is 3. The van der Waals surface area contributed by atoms with Crippen LogP contribution in [-0.4, -0.2) is 53.0 Å². The lowest BCUT2D eigenvalue weighted by molar-refractivity contribution is -0.138. The van der Waals surface area contributed by atoms with Crippen LogP contribution in [0.15, 0.2) is 12.1 Å². The Bertz CT molecular complexity index is 497. The summed E-state index contributed by atoms with van der Waals surface area (Å²) in [5, 5.41) is 16.3. The third-order valence-corrected chi connectivity index (χ3v) is 3.34. The zero-order valence-corrected chi connectivity index (χ0v) is 11.6. The molecule has 8 nitrogen and oxygen atoms in total. The minimum absolute atomic E-state index is 0.0280. The normalized spacial score (nSPS) is 15.9. The Morgan fingerprint density at radius 2 is 2.05 bits per heavy atom. The summed E-state index contributed by atoms with van der Waals surface area (Å²) in [6.45, 7) is 1.75. The highest BCUT2D eigenvalue weighted by Gasteiger charge is 2.21. The lowest BCUT2D eigenvalue weighted by Gasteiger charge is -2.32. The van der Waals surface area contributed by atoms with Crippen LogP contribution in [0.1, 0.15) is 29.8 Å². The van der Waals surface area contributed by atoms with Crippen LogP contribution in [0.2, 0.25) is 0 Å². The Hall–Kier alpha value is -2.22. The van der Waals surface area contributed by atoms with Gasteiger partial charge in [-0.25, -0.2) is 0 Å². The van der Waals surface area contributed by atoms with E-state index in [2.05, 4.69) is 15.1 Å². The third-order valence-electron chi connectivity index (χ3n) is 3.34. The van der Waals surface area contributed by atoms with Gasteiger partial charge >= 0.3 is 5.97 Å². The second-order valence-electron chi connectivity index (χ2n) is 4.84. The molecule has 0 aromatic carbocycles. The quantitative estimate of drug-likeness (QED) is 0.760. The van der Waals surface area contributed by atoms with Crippen LogP contribution >= 0.6 is 0 Å². The zero-order chi connectivity index (χ0) is 15.2. The van der Waals surface area contributed by atoms with E-state index in [-0.39, 0.29) is 24.8 Å². The topological polar surface area (TPSA) is 119 Å². The summed E-state index contributed by atoms with van der Waals surface area (Å²) >= 11 is 0. The number of amides is 1. The van der Waals surface area contributed by atoms with E-state index in [9.17, 15) is 9.59 Å². The maximum absolute atomic E-state index is 10.9. The Kier molecular flexibility index (Phi) is 5.04. The van der Waals surface area contributed by atoms with Gasteiger partial charge in [0.15, 0.2) is 11.5 Å². The van der Waals surface area contributed by atoms with E-state index in [0.29, 0.717) is 5.82 Å². The van der Waals surface area contributed by atoms with E-state index in [0.717, 1.165) is 25.9 Å². The molecule has 1 amide bonds. The van der Waals surface area contributed by atoms with Gasteiger partial charge in [-0.05, 0) is 25.0 Å². The fraction of sp³-hybridized carbons (Fsp3) is 0.538.